The first-order valence-corrected chi connectivity index (χ1v) is 7.13. The topological polar surface area (TPSA) is 49.3 Å². The average molecular weight is 283 g/mol. The van der Waals surface area contributed by atoms with Gasteiger partial charge in [-0.05, 0) is 17.0 Å². The Morgan fingerprint density at radius 2 is 1.38 bits per heavy atom. The third-order valence-corrected chi connectivity index (χ3v) is 3.79. The van der Waals surface area contributed by atoms with Crippen molar-refractivity contribution in [1.82, 2.24) is 5.32 Å². The van der Waals surface area contributed by atoms with E-state index < -0.39 is 11.6 Å². The highest BCUT2D eigenvalue weighted by Gasteiger charge is 2.41. The second-order valence-corrected chi connectivity index (χ2v) is 5.50. The van der Waals surface area contributed by atoms with Gasteiger partial charge in [0.15, 0.2) is 0 Å². The van der Waals surface area contributed by atoms with Gasteiger partial charge in [0.25, 0.3) is 0 Å². The highest BCUT2D eigenvalue weighted by molar-refractivity contribution is 5.49. The molecule has 3 nitrogen and oxygen atoms in total. The fourth-order valence-corrected chi connectivity index (χ4v) is 2.78. The van der Waals surface area contributed by atoms with Crippen LogP contribution < -0.4 is 5.32 Å². The third-order valence-electron chi connectivity index (χ3n) is 3.79. The van der Waals surface area contributed by atoms with Gasteiger partial charge in [-0.15, -0.1) is 0 Å². The van der Waals surface area contributed by atoms with E-state index >= 15 is 0 Å². The Balaban J connectivity index is 2.61. The van der Waals surface area contributed by atoms with Crippen molar-refractivity contribution >= 4 is 6.41 Å². The van der Waals surface area contributed by atoms with Crippen molar-refractivity contribution in [2.45, 2.75) is 25.5 Å². The SMILES string of the molecule is CC(C)[C@H](NC=O)C(O)(c1ccccc1)c1ccccc1. The molecule has 2 aromatic carbocycles. The molecule has 3 heteroatoms. The van der Waals surface area contributed by atoms with Crippen LogP contribution in [0.5, 0.6) is 0 Å². The summed E-state index contributed by atoms with van der Waals surface area (Å²) in [6, 6.07) is 18.5. The molecule has 110 valence electrons. The third kappa shape index (κ3) is 2.98. The number of carbonyl (C=O) groups excluding carboxylic acids is 1. The number of hydrogen-bond acceptors (Lipinski definition) is 2. The molecule has 2 N–H and O–H groups in total. The first kappa shape index (κ1) is 15.3. The number of aliphatic hydroxyl groups is 1. The van der Waals surface area contributed by atoms with Gasteiger partial charge in [-0.25, -0.2) is 0 Å². The van der Waals surface area contributed by atoms with E-state index in [2.05, 4.69) is 5.32 Å². The number of hydrogen-bond donors (Lipinski definition) is 2. The van der Waals surface area contributed by atoms with Crippen molar-refractivity contribution in [1.29, 1.82) is 0 Å². The average Bonchev–Trinajstić information content (AvgIpc) is 2.53. The molecule has 2 aromatic rings. The highest BCUT2D eigenvalue weighted by atomic mass is 16.3. The van der Waals surface area contributed by atoms with Gasteiger partial charge < -0.3 is 10.4 Å². The van der Waals surface area contributed by atoms with Gasteiger partial charge >= 0.3 is 0 Å². The molecule has 0 unspecified atom stereocenters. The van der Waals surface area contributed by atoms with E-state index in [4.69, 9.17) is 0 Å². The van der Waals surface area contributed by atoms with E-state index in [1.54, 1.807) is 0 Å². The molecule has 0 aliphatic heterocycles. The lowest BCUT2D eigenvalue weighted by molar-refractivity contribution is -0.112. The zero-order valence-corrected chi connectivity index (χ0v) is 12.4. The van der Waals surface area contributed by atoms with Crippen LogP contribution in [0, 0.1) is 5.92 Å². The predicted octanol–water partition coefficient (Wildman–Crippen LogP) is 2.69. The number of rotatable bonds is 6. The van der Waals surface area contributed by atoms with Crippen LogP contribution in [-0.2, 0) is 10.4 Å². The normalized spacial score (nSPS) is 13.0. The van der Waals surface area contributed by atoms with Crippen molar-refractivity contribution in [3.05, 3.63) is 71.8 Å². The smallest absolute Gasteiger partial charge is 0.207 e. The molecular weight excluding hydrogens is 262 g/mol. The molecular formula is C18H21NO2. The van der Waals surface area contributed by atoms with E-state index in [-0.39, 0.29) is 5.92 Å². The van der Waals surface area contributed by atoms with Gasteiger partial charge in [-0.2, -0.15) is 0 Å². The largest absolute Gasteiger partial charge is 0.378 e. The molecule has 0 radical (unpaired) electrons. The minimum Gasteiger partial charge on any atom is -0.378 e. The second kappa shape index (κ2) is 6.55. The number of carbonyl (C=O) groups is 1. The van der Waals surface area contributed by atoms with E-state index in [1.165, 1.54) is 0 Å². The molecule has 2 rings (SSSR count). The standard InChI is InChI=1S/C18H21NO2/c1-14(2)17(19-13-20)18(21,15-9-5-3-6-10-15)16-11-7-4-8-12-16/h3-14,17,21H,1-2H3,(H,19,20)/t17-/m0/s1. The highest BCUT2D eigenvalue weighted by Crippen LogP contribution is 2.35. The monoisotopic (exact) mass is 283 g/mol. The van der Waals surface area contributed by atoms with Gasteiger partial charge in [-0.1, -0.05) is 74.5 Å². The summed E-state index contributed by atoms with van der Waals surface area (Å²) in [7, 11) is 0. The number of nitrogens with one attached hydrogen (secondary N) is 1. The Kier molecular flexibility index (Phi) is 4.76. The predicted molar refractivity (Wildman–Crippen MR) is 83.7 cm³/mol. The summed E-state index contributed by atoms with van der Waals surface area (Å²) in [5.41, 5.74) is 0.269. The molecule has 1 amide bonds. The molecule has 0 heterocycles. The van der Waals surface area contributed by atoms with Gasteiger partial charge in [-0.3, -0.25) is 4.79 Å². The molecule has 0 saturated heterocycles. The van der Waals surface area contributed by atoms with Crippen molar-refractivity contribution in [2.75, 3.05) is 0 Å². The van der Waals surface area contributed by atoms with Crippen molar-refractivity contribution in [3.63, 3.8) is 0 Å². The van der Waals surface area contributed by atoms with Gasteiger partial charge in [0.05, 0.1) is 6.04 Å². The Morgan fingerprint density at radius 3 is 1.71 bits per heavy atom. The Morgan fingerprint density at radius 1 is 0.952 bits per heavy atom. The van der Waals surface area contributed by atoms with Crippen molar-refractivity contribution in [3.8, 4) is 0 Å². The zero-order valence-electron chi connectivity index (χ0n) is 12.4. The minimum atomic E-state index is -1.27. The molecule has 0 bridgehead atoms. The lowest BCUT2D eigenvalue weighted by Crippen LogP contribution is -2.52. The van der Waals surface area contributed by atoms with E-state index in [9.17, 15) is 9.90 Å². The molecule has 0 saturated carbocycles. The minimum absolute atomic E-state index is 0.0700. The summed E-state index contributed by atoms with van der Waals surface area (Å²) in [4.78, 5) is 11.0. The molecule has 0 aliphatic carbocycles. The second-order valence-electron chi connectivity index (χ2n) is 5.50. The van der Waals surface area contributed by atoms with Crippen LogP contribution in [0.2, 0.25) is 0 Å². The summed E-state index contributed by atoms with van der Waals surface area (Å²) in [6.45, 7) is 3.97. The van der Waals surface area contributed by atoms with E-state index in [1.807, 2.05) is 74.5 Å². The fourth-order valence-electron chi connectivity index (χ4n) is 2.78. The van der Waals surface area contributed by atoms with Crippen molar-refractivity contribution < 1.29 is 9.90 Å². The van der Waals surface area contributed by atoms with Crippen LogP contribution in [0.25, 0.3) is 0 Å². The molecule has 0 aliphatic rings. The molecule has 0 spiro atoms. The fraction of sp³-hybridized carbons (Fsp3) is 0.278. The van der Waals surface area contributed by atoms with Crippen LogP contribution in [0.15, 0.2) is 60.7 Å². The Labute approximate surface area is 125 Å². The zero-order chi connectivity index (χ0) is 15.3. The summed E-state index contributed by atoms with van der Waals surface area (Å²) in [5, 5.41) is 14.3. The van der Waals surface area contributed by atoms with E-state index in [0.717, 1.165) is 11.1 Å². The maximum atomic E-state index is 11.5. The Hall–Kier alpha value is -2.13. The summed E-state index contributed by atoms with van der Waals surface area (Å²) < 4.78 is 0. The van der Waals surface area contributed by atoms with Gasteiger partial charge in [0, 0.05) is 0 Å². The van der Waals surface area contributed by atoms with E-state index in [0.29, 0.717) is 6.41 Å². The summed E-state index contributed by atoms with van der Waals surface area (Å²) >= 11 is 0. The molecule has 1 atom stereocenters. The maximum absolute atomic E-state index is 11.5. The maximum Gasteiger partial charge on any atom is 0.207 e. The number of benzene rings is 2. The molecule has 21 heavy (non-hydrogen) atoms. The van der Waals surface area contributed by atoms with Crippen molar-refractivity contribution in [2.24, 2.45) is 5.92 Å². The Bertz CT molecular complexity index is 527. The van der Waals surface area contributed by atoms with Crippen LogP contribution in [-0.4, -0.2) is 17.6 Å². The van der Waals surface area contributed by atoms with Crippen LogP contribution in [0.3, 0.4) is 0 Å². The lowest BCUT2D eigenvalue weighted by Gasteiger charge is -2.39. The van der Waals surface area contributed by atoms with Crippen LogP contribution >= 0.6 is 0 Å². The van der Waals surface area contributed by atoms with Crippen LogP contribution in [0.4, 0.5) is 0 Å². The van der Waals surface area contributed by atoms with Crippen LogP contribution in [0.1, 0.15) is 25.0 Å². The molecule has 0 fully saturated rings. The van der Waals surface area contributed by atoms with Gasteiger partial charge in [0.1, 0.15) is 5.60 Å². The summed E-state index contributed by atoms with van der Waals surface area (Å²) in [6.07, 6.45) is 0.654. The quantitative estimate of drug-likeness (QED) is 0.801. The first-order chi connectivity index (χ1) is 10.1. The number of amides is 1. The summed E-state index contributed by atoms with van der Waals surface area (Å²) in [5.74, 6) is 0.0700. The van der Waals surface area contributed by atoms with Gasteiger partial charge in [0.2, 0.25) is 6.41 Å². The first-order valence-electron chi connectivity index (χ1n) is 7.13. The molecule has 0 aromatic heterocycles. The lowest BCUT2D eigenvalue weighted by atomic mass is 9.76.